The molecule has 1 fully saturated rings. The van der Waals surface area contributed by atoms with Crippen LogP contribution in [0.3, 0.4) is 0 Å². The molecule has 3 heterocycles. The molecule has 5 rings (SSSR count). The number of piperazine rings is 1. The number of carbonyl (C=O) groups is 1. The van der Waals surface area contributed by atoms with Gasteiger partial charge in [-0.3, -0.25) is 9.69 Å². The number of allylic oxidation sites excluding steroid dienone is 5. The number of fused-ring (bicyclic) bond motifs is 1. The van der Waals surface area contributed by atoms with Gasteiger partial charge < -0.3 is 10.2 Å². The normalized spacial score (nSPS) is 17.5. The van der Waals surface area contributed by atoms with Crippen molar-refractivity contribution in [3.63, 3.8) is 0 Å². The SMILES string of the molecule is Cc1ccc(C(=O)Nc2ccc(CN3CCN(C)CC3)c(C(F)(F)F)c2)cc1C#CC1=CCC=C2C=CC=NN12. The smallest absolute Gasteiger partial charge is 0.322 e. The Morgan fingerprint density at radius 3 is 2.62 bits per heavy atom. The van der Waals surface area contributed by atoms with E-state index in [1.807, 2.05) is 37.1 Å². The summed E-state index contributed by atoms with van der Waals surface area (Å²) >= 11 is 0. The molecule has 2 aromatic carbocycles. The van der Waals surface area contributed by atoms with Gasteiger partial charge in [-0.15, -0.1) is 0 Å². The van der Waals surface area contributed by atoms with E-state index in [0.29, 0.717) is 24.2 Å². The Morgan fingerprint density at radius 1 is 1.05 bits per heavy atom. The van der Waals surface area contributed by atoms with E-state index in [0.717, 1.165) is 42.5 Å². The summed E-state index contributed by atoms with van der Waals surface area (Å²) in [6.45, 7) is 5.16. The van der Waals surface area contributed by atoms with Crippen LogP contribution in [0.4, 0.5) is 18.9 Å². The fourth-order valence-corrected chi connectivity index (χ4v) is 4.76. The third kappa shape index (κ3) is 6.36. The van der Waals surface area contributed by atoms with E-state index in [9.17, 15) is 18.0 Å². The molecule has 206 valence electrons. The second kappa shape index (κ2) is 11.5. The zero-order valence-electron chi connectivity index (χ0n) is 22.4. The molecule has 3 aliphatic rings. The predicted octanol–water partition coefficient (Wildman–Crippen LogP) is 5.39. The molecule has 1 amide bonds. The zero-order chi connectivity index (χ0) is 28.3. The lowest BCUT2D eigenvalue weighted by molar-refractivity contribution is -0.138. The lowest BCUT2D eigenvalue weighted by Crippen LogP contribution is -2.44. The van der Waals surface area contributed by atoms with Gasteiger partial charge in [0.25, 0.3) is 5.91 Å². The summed E-state index contributed by atoms with van der Waals surface area (Å²) < 4.78 is 41.9. The number of nitrogens with one attached hydrogen (secondary N) is 1. The number of nitrogens with zero attached hydrogens (tertiary/aromatic N) is 4. The maximum Gasteiger partial charge on any atom is 0.416 e. The number of halogens is 3. The highest BCUT2D eigenvalue weighted by Crippen LogP contribution is 2.35. The molecular formula is C31H30F3N5O. The van der Waals surface area contributed by atoms with Gasteiger partial charge in [-0.05, 0) is 79.9 Å². The van der Waals surface area contributed by atoms with Crippen LogP contribution in [0.15, 0.2) is 77.2 Å². The fraction of sp³-hybridized carbons (Fsp3) is 0.290. The zero-order valence-corrected chi connectivity index (χ0v) is 22.4. The van der Waals surface area contributed by atoms with Gasteiger partial charge in [0.2, 0.25) is 0 Å². The number of rotatable bonds is 4. The molecule has 0 unspecified atom stereocenters. The summed E-state index contributed by atoms with van der Waals surface area (Å²) in [5, 5.41) is 8.75. The minimum Gasteiger partial charge on any atom is -0.322 e. The second-order valence-electron chi connectivity index (χ2n) is 10.1. The van der Waals surface area contributed by atoms with E-state index in [1.165, 1.54) is 12.1 Å². The van der Waals surface area contributed by atoms with E-state index >= 15 is 0 Å². The number of alkyl halides is 3. The Morgan fingerprint density at radius 2 is 1.85 bits per heavy atom. The van der Waals surface area contributed by atoms with Crippen LogP contribution < -0.4 is 5.32 Å². The van der Waals surface area contributed by atoms with Gasteiger partial charge >= 0.3 is 6.18 Å². The molecule has 3 aliphatic heterocycles. The van der Waals surface area contributed by atoms with Crippen molar-refractivity contribution in [1.82, 2.24) is 14.8 Å². The molecule has 1 saturated heterocycles. The first kappa shape index (κ1) is 27.4. The monoisotopic (exact) mass is 545 g/mol. The van der Waals surface area contributed by atoms with Crippen molar-refractivity contribution in [3.05, 3.63) is 99.9 Å². The van der Waals surface area contributed by atoms with Crippen LogP contribution in [0, 0.1) is 18.8 Å². The molecule has 0 spiro atoms. The fourth-order valence-electron chi connectivity index (χ4n) is 4.76. The molecule has 0 bridgehead atoms. The highest BCUT2D eigenvalue weighted by atomic mass is 19.4. The summed E-state index contributed by atoms with van der Waals surface area (Å²) in [5.74, 6) is 5.77. The standard InChI is InChI=1S/C31H30F3N5O/c1-22-8-9-24(19-23(22)11-13-28-6-3-5-27-7-4-14-35-39(27)28)30(40)36-26-12-10-25(29(20-26)31(32,33)34)21-38-17-15-37(2)16-18-38/h4-10,12,14,19-20H,3,15-18,21H2,1-2H3,(H,36,40). The van der Waals surface area contributed by atoms with Crippen LogP contribution in [-0.4, -0.2) is 60.2 Å². The van der Waals surface area contributed by atoms with Crippen molar-refractivity contribution in [2.24, 2.45) is 5.10 Å². The maximum absolute atomic E-state index is 14.0. The highest BCUT2D eigenvalue weighted by molar-refractivity contribution is 6.04. The quantitative estimate of drug-likeness (QED) is 0.524. The third-order valence-electron chi connectivity index (χ3n) is 7.13. The number of likely N-dealkylation sites (N-methyl/N-ethyl adjacent to an activating group) is 1. The molecule has 0 saturated carbocycles. The van der Waals surface area contributed by atoms with Gasteiger partial charge in [-0.2, -0.15) is 18.3 Å². The van der Waals surface area contributed by atoms with Gasteiger partial charge in [0.1, 0.15) is 5.70 Å². The van der Waals surface area contributed by atoms with E-state index in [1.54, 1.807) is 29.4 Å². The number of hydrogen-bond acceptors (Lipinski definition) is 5. The van der Waals surface area contributed by atoms with Crippen LogP contribution in [-0.2, 0) is 12.7 Å². The first-order valence-corrected chi connectivity index (χ1v) is 13.1. The van der Waals surface area contributed by atoms with Gasteiger partial charge in [0.15, 0.2) is 0 Å². The lowest BCUT2D eigenvalue weighted by atomic mass is 10.0. The van der Waals surface area contributed by atoms with E-state index in [-0.39, 0.29) is 17.8 Å². The van der Waals surface area contributed by atoms with Crippen molar-refractivity contribution in [2.45, 2.75) is 26.1 Å². The number of hydrazone groups is 1. The second-order valence-corrected chi connectivity index (χ2v) is 10.1. The Labute approximate surface area is 232 Å². The van der Waals surface area contributed by atoms with E-state index in [4.69, 9.17) is 0 Å². The summed E-state index contributed by atoms with van der Waals surface area (Å²) in [6.07, 6.45) is 5.75. The number of amides is 1. The third-order valence-corrected chi connectivity index (χ3v) is 7.13. The van der Waals surface area contributed by atoms with Gasteiger partial charge in [0.05, 0.1) is 11.3 Å². The number of carbonyl (C=O) groups excluding carboxylic acids is 1. The lowest BCUT2D eigenvalue weighted by Gasteiger charge is -2.33. The average Bonchev–Trinajstić information content (AvgIpc) is 2.94. The summed E-state index contributed by atoms with van der Waals surface area (Å²) in [7, 11) is 2.00. The molecule has 0 aromatic heterocycles. The Hall–Kier alpha value is -4.13. The number of hydrogen-bond donors (Lipinski definition) is 1. The highest BCUT2D eigenvalue weighted by Gasteiger charge is 2.34. The molecule has 0 radical (unpaired) electrons. The minimum atomic E-state index is -4.54. The molecular weight excluding hydrogens is 515 g/mol. The molecule has 2 aromatic rings. The van der Waals surface area contributed by atoms with Crippen LogP contribution >= 0.6 is 0 Å². The van der Waals surface area contributed by atoms with E-state index in [2.05, 4.69) is 33.2 Å². The van der Waals surface area contributed by atoms with Crippen LogP contribution in [0.1, 0.15) is 39.0 Å². The van der Waals surface area contributed by atoms with Crippen LogP contribution in [0.25, 0.3) is 0 Å². The number of aryl methyl sites for hydroxylation is 1. The summed E-state index contributed by atoms with van der Waals surface area (Å²) in [6, 6.07) is 9.09. The molecule has 1 N–H and O–H groups in total. The predicted molar refractivity (Wildman–Crippen MR) is 150 cm³/mol. The summed E-state index contributed by atoms with van der Waals surface area (Å²) in [5.41, 5.74) is 3.09. The maximum atomic E-state index is 14.0. The molecule has 9 heteroatoms. The van der Waals surface area contributed by atoms with Crippen molar-refractivity contribution in [3.8, 4) is 11.8 Å². The Bertz CT molecular complexity index is 1480. The van der Waals surface area contributed by atoms with Gasteiger partial charge in [-0.1, -0.05) is 24.1 Å². The Balaban J connectivity index is 1.32. The number of benzene rings is 2. The minimum absolute atomic E-state index is 0.0929. The van der Waals surface area contributed by atoms with Crippen molar-refractivity contribution >= 4 is 17.8 Å². The Kier molecular flexibility index (Phi) is 7.92. The van der Waals surface area contributed by atoms with Crippen LogP contribution in [0.2, 0.25) is 0 Å². The summed E-state index contributed by atoms with van der Waals surface area (Å²) in [4.78, 5) is 17.2. The number of anilines is 1. The van der Waals surface area contributed by atoms with Crippen molar-refractivity contribution in [2.75, 3.05) is 38.5 Å². The molecule has 40 heavy (non-hydrogen) atoms. The van der Waals surface area contributed by atoms with Crippen LogP contribution in [0.5, 0.6) is 0 Å². The molecule has 0 aliphatic carbocycles. The first-order chi connectivity index (χ1) is 19.2. The molecule has 0 atom stereocenters. The van der Waals surface area contributed by atoms with Crippen molar-refractivity contribution < 1.29 is 18.0 Å². The first-order valence-electron chi connectivity index (χ1n) is 13.1. The van der Waals surface area contributed by atoms with Gasteiger partial charge in [-0.25, -0.2) is 5.01 Å². The van der Waals surface area contributed by atoms with Crippen molar-refractivity contribution in [1.29, 1.82) is 0 Å². The average molecular weight is 546 g/mol. The largest absolute Gasteiger partial charge is 0.416 e. The van der Waals surface area contributed by atoms with Gasteiger partial charge in [0, 0.05) is 55.8 Å². The van der Waals surface area contributed by atoms with E-state index < -0.39 is 17.6 Å². The topological polar surface area (TPSA) is 51.2 Å². The molecule has 6 nitrogen and oxygen atoms in total.